The molecule has 3 heterocycles. The van der Waals surface area contributed by atoms with Crippen molar-refractivity contribution in [1.29, 1.82) is 0 Å². The number of para-hydroxylation sites is 1. The summed E-state index contributed by atoms with van der Waals surface area (Å²) >= 11 is 20.3. The van der Waals surface area contributed by atoms with Crippen LogP contribution in [0.25, 0.3) is 5.69 Å². The second-order valence-electron chi connectivity index (χ2n) is 8.88. The first-order valence-electron chi connectivity index (χ1n) is 11.9. The Hall–Kier alpha value is -2.85. The van der Waals surface area contributed by atoms with Crippen LogP contribution in [0, 0.1) is 13.8 Å². The number of rotatable bonds is 6. The van der Waals surface area contributed by atoms with Gasteiger partial charge in [-0.25, -0.2) is 14.6 Å². The SMILES string of the molecule is Cc1cc(C)nc(SCc2c(C(=O)N3CCN(c4ccccc4Cl)CC3)nnn2-c2cc(Cl)cc(Cl)c2)n1. The van der Waals surface area contributed by atoms with Crippen LogP contribution >= 0.6 is 46.6 Å². The Morgan fingerprint density at radius 2 is 1.58 bits per heavy atom. The van der Waals surface area contributed by atoms with E-state index in [4.69, 9.17) is 34.8 Å². The summed E-state index contributed by atoms with van der Waals surface area (Å²) in [4.78, 5) is 26.7. The highest BCUT2D eigenvalue weighted by Crippen LogP contribution is 2.29. The van der Waals surface area contributed by atoms with Gasteiger partial charge in [-0.15, -0.1) is 5.10 Å². The summed E-state index contributed by atoms with van der Waals surface area (Å²) < 4.78 is 1.61. The van der Waals surface area contributed by atoms with Crippen molar-refractivity contribution in [3.8, 4) is 5.69 Å². The van der Waals surface area contributed by atoms with Gasteiger partial charge in [0.05, 0.1) is 22.1 Å². The van der Waals surface area contributed by atoms with Gasteiger partial charge in [0.1, 0.15) is 0 Å². The van der Waals surface area contributed by atoms with E-state index in [-0.39, 0.29) is 11.6 Å². The van der Waals surface area contributed by atoms with E-state index in [1.54, 1.807) is 27.8 Å². The van der Waals surface area contributed by atoms with Crippen LogP contribution in [0.3, 0.4) is 0 Å². The molecule has 0 saturated carbocycles. The molecule has 1 fully saturated rings. The van der Waals surface area contributed by atoms with Gasteiger partial charge in [0.25, 0.3) is 5.91 Å². The van der Waals surface area contributed by atoms with Crippen LogP contribution < -0.4 is 4.90 Å². The summed E-state index contributed by atoms with van der Waals surface area (Å²) in [5.74, 6) is 0.195. The van der Waals surface area contributed by atoms with Crippen molar-refractivity contribution >= 4 is 58.2 Å². The number of carbonyl (C=O) groups excluding carboxylic acids is 1. The molecule has 1 saturated heterocycles. The Morgan fingerprint density at radius 1 is 0.921 bits per heavy atom. The molecule has 0 unspecified atom stereocenters. The lowest BCUT2D eigenvalue weighted by molar-refractivity contribution is 0.0740. The number of piperazine rings is 1. The minimum absolute atomic E-state index is 0.180. The van der Waals surface area contributed by atoms with E-state index in [2.05, 4.69) is 25.2 Å². The number of carbonyl (C=O) groups is 1. The molecule has 0 atom stereocenters. The molecule has 196 valence electrons. The van der Waals surface area contributed by atoms with Crippen LogP contribution in [0.15, 0.2) is 53.7 Å². The number of thioether (sulfide) groups is 1. The number of amides is 1. The molecule has 0 aliphatic carbocycles. The van der Waals surface area contributed by atoms with Crippen molar-refractivity contribution in [2.45, 2.75) is 24.8 Å². The van der Waals surface area contributed by atoms with Crippen LogP contribution in [0.5, 0.6) is 0 Å². The summed E-state index contributed by atoms with van der Waals surface area (Å²) in [6.07, 6.45) is 0. The zero-order chi connectivity index (χ0) is 26.8. The molecule has 1 aliphatic heterocycles. The average Bonchev–Trinajstić information content (AvgIpc) is 3.30. The average molecular weight is 589 g/mol. The lowest BCUT2D eigenvalue weighted by Gasteiger charge is -2.36. The Balaban J connectivity index is 1.42. The lowest BCUT2D eigenvalue weighted by atomic mass is 10.2. The fraction of sp³-hybridized carbons (Fsp3) is 0.269. The molecule has 0 bridgehead atoms. The normalized spacial score (nSPS) is 13.7. The van der Waals surface area contributed by atoms with Gasteiger partial charge in [-0.3, -0.25) is 4.79 Å². The second kappa shape index (κ2) is 11.5. The molecule has 38 heavy (non-hydrogen) atoms. The number of hydrogen-bond acceptors (Lipinski definition) is 7. The van der Waals surface area contributed by atoms with Gasteiger partial charge in [0.15, 0.2) is 10.9 Å². The molecule has 12 heteroatoms. The smallest absolute Gasteiger partial charge is 0.276 e. The van der Waals surface area contributed by atoms with Crippen LogP contribution in [0.2, 0.25) is 15.1 Å². The fourth-order valence-corrected chi connectivity index (χ4v) is 6.08. The number of aromatic nitrogens is 5. The Labute approximate surface area is 239 Å². The predicted molar refractivity (Wildman–Crippen MR) is 152 cm³/mol. The molecule has 2 aromatic carbocycles. The third kappa shape index (κ3) is 5.91. The standard InChI is InChI=1S/C26H24Cl3N7OS/c1-16-11-17(2)31-26(30-16)38-15-23-24(32-33-36(23)20-13-18(27)12-19(28)14-20)25(37)35-9-7-34(8-10-35)22-6-4-3-5-21(22)29/h3-6,11-14H,7-10,15H2,1-2H3. The van der Waals surface area contributed by atoms with Crippen molar-refractivity contribution in [1.82, 2.24) is 29.9 Å². The van der Waals surface area contributed by atoms with E-state index in [9.17, 15) is 4.79 Å². The molecule has 1 aliphatic rings. The first-order valence-corrected chi connectivity index (χ1v) is 14.1. The summed E-state index contributed by atoms with van der Waals surface area (Å²) in [7, 11) is 0. The van der Waals surface area contributed by atoms with Crippen LogP contribution in [0.4, 0.5) is 5.69 Å². The van der Waals surface area contributed by atoms with Crippen molar-refractivity contribution in [2.24, 2.45) is 0 Å². The summed E-state index contributed by atoms with van der Waals surface area (Å²) in [5, 5.41) is 10.9. The van der Waals surface area contributed by atoms with E-state index in [1.165, 1.54) is 11.8 Å². The van der Waals surface area contributed by atoms with E-state index in [0.717, 1.165) is 17.1 Å². The van der Waals surface area contributed by atoms with Gasteiger partial charge in [-0.05, 0) is 50.2 Å². The first kappa shape index (κ1) is 26.7. The highest BCUT2D eigenvalue weighted by molar-refractivity contribution is 7.98. The van der Waals surface area contributed by atoms with Crippen LogP contribution in [0.1, 0.15) is 27.6 Å². The minimum atomic E-state index is -0.180. The van der Waals surface area contributed by atoms with Crippen LogP contribution in [-0.4, -0.2) is 61.9 Å². The first-order chi connectivity index (χ1) is 18.3. The number of anilines is 1. The molecule has 4 aromatic rings. The zero-order valence-corrected chi connectivity index (χ0v) is 23.8. The molecular formula is C26H24Cl3N7OS. The van der Waals surface area contributed by atoms with Crippen molar-refractivity contribution in [3.63, 3.8) is 0 Å². The van der Waals surface area contributed by atoms with Gasteiger partial charge < -0.3 is 9.80 Å². The highest BCUT2D eigenvalue weighted by atomic mass is 35.5. The van der Waals surface area contributed by atoms with Gasteiger partial charge in [-0.1, -0.05) is 63.9 Å². The van der Waals surface area contributed by atoms with Gasteiger partial charge in [-0.2, -0.15) is 0 Å². The number of hydrogen-bond donors (Lipinski definition) is 0. The number of nitrogens with zero attached hydrogens (tertiary/aromatic N) is 7. The molecule has 5 rings (SSSR count). The fourth-order valence-electron chi connectivity index (χ4n) is 4.37. The molecule has 0 radical (unpaired) electrons. The molecule has 2 aromatic heterocycles. The quantitative estimate of drug-likeness (QED) is 0.205. The molecule has 0 N–H and O–H groups in total. The summed E-state index contributed by atoms with van der Waals surface area (Å²) in [6.45, 7) is 6.24. The number of aryl methyl sites for hydroxylation is 2. The van der Waals surface area contributed by atoms with Crippen molar-refractivity contribution in [2.75, 3.05) is 31.1 Å². The molecule has 0 spiro atoms. The van der Waals surface area contributed by atoms with E-state index < -0.39 is 0 Å². The Bertz CT molecular complexity index is 1450. The maximum Gasteiger partial charge on any atom is 0.276 e. The monoisotopic (exact) mass is 587 g/mol. The topological polar surface area (TPSA) is 80.0 Å². The number of halogens is 3. The third-order valence-corrected chi connectivity index (χ3v) is 7.73. The van der Waals surface area contributed by atoms with E-state index >= 15 is 0 Å². The Morgan fingerprint density at radius 3 is 2.24 bits per heavy atom. The second-order valence-corrected chi connectivity index (χ2v) is 11.1. The maximum absolute atomic E-state index is 13.7. The largest absolute Gasteiger partial charge is 0.367 e. The molecular weight excluding hydrogens is 565 g/mol. The molecule has 1 amide bonds. The lowest BCUT2D eigenvalue weighted by Crippen LogP contribution is -2.49. The minimum Gasteiger partial charge on any atom is -0.367 e. The zero-order valence-electron chi connectivity index (χ0n) is 20.7. The maximum atomic E-state index is 13.7. The van der Waals surface area contributed by atoms with Crippen molar-refractivity contribution in [3.05, 3.63) is 86.4 Å². The van der Waals surface area contributed by atoms with E-state index in [1.807, 2.05) is 44.2 Å². The van der Waals surface area contributed by atoms with Crippen molar-refractivity contribution < 1.29 is 4.79 Å². The van der Waals surface area contributed by atoms with E-state index in [0.29, 0.717) is 63.5 Å². The van der Waals surface area contributed by atoms with Gasteiger partial charge in [0.2, 0.25) is 0 Å². The third-order valence-electron chi connectivity index (χ3n) is 6.12. The highest BCUT2D eigenvalue weighted by Gasteiger charge is 2.29. The molecule has 8 nitrogen and oxygen atoms in total. The van der Waals surface area contributed by atoms with Gasteiger partial charge in [0, 0.05) is 53.4 Å². The van der Waals surface area contributed by atoms with Gasteiger partial charge >= 0.3 is 0 Å². The number of benzene rings is 2. The van der Waals surface area contributed by atoms with Crippen LogP contribution in [-0.2, 0) is 5.75 Å². The Kier molecular flexibility index (Phi) is 8.09. The predicted octanol–water partition coefficient (Wildman–Crippen LogP) is 5.89. The summed E-state index contributed by atoms with van der Waals surface area (Å²) in [6, 6.07) is 14.8. The summed E-state index contributed by atoms with van der Waals surface area (Å²) in [5.41, 5.74) is 4.24.